The lowest BCUT2D eigenvalue weighted by molar-refractivity contribution is 0.0691. The first-order chi connectivity index (χ1) is 10.2. The number of rotatable bonds is 5. The molecule has 1 aromatic carbocycles. The predicted molar refractivity (Wildman–Crippen MR) is 84.1 cm³/mol. The minimum atomic E-state index is -0.994. The largest absolute Gasteiger partial charge is 0.476 e. The molecule has 0 aliphatic heterocycles. The van der Waals surface area contributed by atoms with Crippen molar-refractivity contribution >= 4 is 22.3 Å². The second-order valence-electron chi connectivity index (χ2n) is 5.01. The van der Waals surface area contributed by atoms with Crippen LogP contribution in [0, 0.1) is 0 Å². The van der Waals surface area contributed by atoms with E-state index in [1.807, 2.05) is 9.78 Å². The molecule has 0 fully saturated rings. The molecule has 2 heterocycles. The maximum absolute atomic E-state index is 11.0. The topological polar surface area (TPSA) is 54.6 Å². The molecule has 0 bridgehead atoms. The van der Waals surface area contributed by atoms with E-state index < -0.39 is 5.97 Å². The predicted octanol–water partition coefficient (Wildman–Crippen LogP) is 4.10. The van der Waals surface area contributed by atoms with E-state index in [1.54, 1.807) is 6.20 Å². The number of hydrogen-bond acceptors (Lipinski definition) is 3. The monoisotopic (exact) mass is 300 g/mol. The molecule has 0 atom stereocenters. The van der Waals surface area contributed by atoms with Gasteiger partial charge in [-0.3, -0.25) is 4.40 Å². The Labute approximate surface area is 126 Å². The molecule has 0 saturated heterocycles. The van der Waals surface area contributed by atoms with Crippen molar-refractivity contribution < 1.29 is 9.90 Å². The van der Waals surface area contributed by atoms with Crippen LogP contribution in [0.2, 0.25) is 0 Å². The Balaban J connectivity index is 1.94. The van der Waals surface area contributed by atoms with Crippen molar-refractivity contribution in [2.24, 2.45) is 0 Å². The molecule has 0 radical (unpaired) electrons. The molecule has 3 aromatic rings. The van der Waals surface area contributed by atoms with E-state index in [4.69, 9.17) is 5.11 Å². The van der Waals surface area contributed by atoms with Crippen LogP contribution in [-0.2, 0) is 6.42 Å². The van der Waals surface area contributed by atoms with Crippen LogP contribution in [0.4, 0.5) is 0 Å². The molecular weight excluding hydrogens is 284 g/mol. The second-order valence-corrected chi connectivity index (χ2v) is 5.84. The van der Waals surface area contributed by atoms with Crippen molar-refractivity contribution in [3.05, 3.63) is 47.1 Å². The summed E-state index contributed by atoms with van der Waals surface area (Å²) in [5, 5.41) is 11.0. The van der Waals surface area contributed by atoms with Gasteiger partial charge in [0, 0.05) is 11.6 Å². The van der Waals surface area contributed by atoms with Crippen LogP contribution in [0.25, 0.3) is 16.2 Å². The van der Waals surface area contributed by atoms with Crippen molar-refractivity contribution in [1.82, 2.24) is 9.38 Å². The summed E-state index contributed by atoms with van der Waals surface area (Å²) in [4.78, 5) is 15.8. The number of fused-ring (bicyclic) bond motifs is 1. The highest BCUT2D eigenvalue weighted by molar-refractivity contribution is 7.15. The molecule has 0 aliphatic carbocycles. The molecule has 3 rings (SSSR count). The number of carboxylic acid groups (broad SMARTS) is 1. The summed E-state index contributed by atoms with van der Waals surface area (Å²) in [6.45, 7) is 2.19. The number of thiazole rings is 1. The molecular formula is C16H16N2O2S. The summed E-state index contributed by atoms with van der Waals surface area (Å²) in [5.41, 5.74) is 3.49. The van der Waals surface area contributed by atoms with Gasteiger partial charge in [0.15, 0.2) is 10.7 Å². The Morgan fingerprint density at radius 3 is 2.76 bits per heavy atom. The van der Waals surface area contributed by atoms with Gasteiger partial charge in [0.05, 0.1) is 5.69 Å². The normalized spacial score (nSPS) is 11.1. The molecule has 4 nitrogen and oxygen atoms in total. The Bertz CT molecular complexity index is 771. The maximum Gasteiger partial charge on any atom is 0.356 e. The van der Waals surface area contributed by atoms with Gasteiger partial charge in [0.1, 0.15) is 0 Å². The smallest absolute Gasteiger partial charge is 0.356 e. The fourth-order valence-electron chi connectivity index (χ4n) is 2.32. The van der Waals surface area contributed by atoms with Crippen LogP contribution in [0.15, 0.2) is 35.8 Å². The lowest BCUT2D eigenvalue weighted by Crippen LogP contribution is -1.95. The van der Waals surface area contributed by atoms with E-state index >= 15 is 0 Å². The molecule has 0 spiro atoms. The first-order valence-electron chi connectivity index (χ1n) is 6.98. The van der Waals surface area contributed by atoms with E-state index in [0.717, 1.165) is 17.7 Å². The van der Waals surface area contributed by atoms with Crippen molar-refractivity contribution in [2.45, 2.75) is 26.2 Å². The third-order valence-electron chi connectivity index (χ3n) is 3.50. The highest BCUT2D eigenvalue weighted by Crippen LogP contribution is 2.26. The third kappa shape index (κ3) is 2.69. The number of nitrogens with zero attached hydrogens (tertiary/aromatic N) is 2. The number of benzene rings is 1. The minimum Gasteiger partial charge on any atom is -0.476 e. The number of unbranched alkanes of at least 4 members (excludes halogenated alkanes) is 1. The molecule has 0 saturated carbocycles. The quantitative estimate of drug-likeness (QED) is 0.771. The van der Waals surface area contributed by atoms with Gasteiger partial charge in [-0.15, -0.1) is 11.3 Å². The van der Waals surface area contributed by atoms with Crippen LogP contribution in [-0.4, -0.2) is 20.5 Å². The van der Waals surface area contributed by atoms with Gasteiger partial charge in [-0.05, 0) is 24.0 Å². The van der Waals surface area contributed by atoms with Crippen LogP contribution in [0.1, 0.15) is 35.8 Å². The number of aryl methyl sites for hydroxylation is 1. The van der Waals surface area contributed by atoms with Crippen molar-refractivity contribution in [3.8, 4) is 11.3 Å². The van der Waals surface area contributed by atoms with Crippen molar-refractivity contribution in [1.29, 1.82) is 0 Å². The molecule has 21 heavy (non-hydrogen) atoms. The number of carboxylic acids is 1. The maximum atomic E-state index is 11.0. The van der Waals surface area contributed by atoms with Crippen LogP contribution < -0.4 is 0 Å². The SMILES string of the molecule is CCCCc1ccc(-c2csc3nc(C(=O)O)cn23)cc1. The Morgan fingerprint density at radius 1 is 1.33 bits per heavy atom. The fraction of sp³-hybridized carbons (Fsp3) is 0.250. The van der Waals surface area contributed by atoms with Gasteiger partial charge in [0.2, 0.25) is 0 Å². The zero-order chi connectivity index (χ0) is 14.8. The average molecular weight is 300 g/mol. The number of imidazole rings is 1. The Hall–Kier alpha value is -2.14. The number of aromatic nitrogens is 2. The highest BCUT2D eigenvalue weighted by atomic mass is 32.1. The standard InChI is InChI=1S/C16H16N2O2S/c1-2-3-4-11-5-7-12(8-6-11)14-10-21-16-17-13(15(19)20)9-18(14)16/h5-10H,2-4H2,1H3,(H,19,20). The second kappa shape index (κ2) is 5.69. The molecule has 108 valence electrons. The first kappa shape index (κ1) is 13.8. The minimum absolute atomic E-state index is 0.0858. The number of aromatic carboxylic acids is 1. The van der Waals surface area contributed by atoms with E-state index in [-0.39, 0.29) is 5.69 Å². The molecule has 1 N–H and O–H groups in total. The zero-order valence-electron chi connectivity index (χ0n) is 11.7. The summed E-state index contributed by atoms with van der Waals surface area (Å²) in [6.07, 6.45) is 5.07. The molecule has 0 unspecified atom stereocenters. The summed E-state index contributed by atoms with van der Waals surface area (Å²) < 4.78 is 1.84. The van der Waals surface area contributed by atoms with Gasteiger partial charge in [-0.2, -0.15) is 0 Å². The molecule has 0 aliphatic rings. The van der Waals surface area contributed by atoms with Crippen molar-refractivity contribution in [2.75, 3.05) is 0 Å². The van der Waals surface area contributed by atoms with Gasteiger partial charge in [-0.25, -0.2) is 9.78 Å². The van der Waals surface area contributed by atoms with Gasteiger partial charge < -0.3 is 5.11 Å². The van der Waals surface area contributed by atoms with Gasteiger partial charge >= 0.3 is 5.97 Å². The Kier molecular flexibility index (Phi) is 3.75. The Morgan fingerprint density at radius 2 is 2.10 bits per heavy atom. The van der Waals surface area contributed by atoms with E-state index in [0.29, 0.717) is 4.96 Å². The first-order valence-corrected chi connectivity index (χ1v) is 7.86. The molecule has 0 amide bonds. The summed E-state index contributed by atoms with van der Waals surface area (Å²) in [7, 11) is 0. The fourth-order valence-corrected chi connectivity index (χ4v) is 3.20. The van der Waals surface area contributed by atoms with Crippen molar-refractivity contribution in [3.63, 3.8) is 0 Å². The average Bonchev–Trinajstić information content (AvgIpc) is 3.06. The van der Waals surface area contributed by atoms with E-state index in [9.17, 15) is 4.79 Å². The molecule has 2 aromatic heterocycles. The van der Waals surface area contributed by atoms with Gasteiger partial charge in [-0.1, -0.05) is 37.6 Å². The summed E-state index contributed by atoms with van der Waals surface area (Å²) in [6, 6.07) is 8.47. The highest BCUT2D eigenvalue weighted by Gasteiger charge is 2.13. The summed E-state index contributed by atoms with van der Waals surface area (Å²) in [5.74, 6) is -0.994. The van der Waals surface area contributed by atoms with Crippen LogP contribution in [0.5, 0.6) is 0 Å². The van der Waals surface area contributed by atoms with E-state index in [2.05, 4.69) is 36.2 Å². The number of carbonyl (C=O) groups is 1. The molecule has 5 heteroatoms. The summed E-state index contributed by atoms with van der Waals surface area (Å²) >= 11 is 1.45. The number of hydrogen-bond donors (Lipinski definition) is 1. The van der Waals surface area contributed by atoms with Crippen LogP contribution in [0.3, 0.4) is 0 Å². The zero-order valence-corrected chi connectivity index (χ0v) is 12.6. The van der Waals surface area contributed by atoms with Crippen LogP contribution >= 0.6 is 11.3 Å². The lowest BCUT2D eigenvalue weighted by atomic mass is 10.1. The third-order valence-corrected chi connectivity index (χ3v) is 4.34. The van der Waals surface area contributed by atoms with E-state index in [1.165, 1.54) is 29.7 Å². The van der Waals surface area contributed by atoms with Gasteiger partial charge in [0.25, 0.3) is 0 Å². The lowest BCUT2D eigenvalue weighted by Gasteiger charge is -2.03.